The molecular weight excluding hydrogens is 466 g/mol. The fourth-order valence-electron chi connectivity index (χ4n) is 5.25. The molecule has 1 atom stereocenters. The molecule has 6 rings (SSSR count). The van der Waals surface area contributed by atoms with Crippen LogP contribution in [0, 0.1) is 0 Å². The van der Waals surface area contributed by atoms with Gasteiger partial charge in [-0.3, -0.25) is 19.3 Å². The molecule has 1 saturated heterocycles. The second-order valence-electron chi connectivity index (χ2n) is 9.14. The fourth-order valence-corrected chi connectivity index (χ4v) is 5.25. The van der Waals surface area contributed by atoms with Gasteiger partial charge in [0.2, 0.25) is 0 Å². The van der Waals surface area contributed by atoms with Crippen LogP contribution in [-0.2, 0) is 12.0 Å². The van der Waals surface area contributed by atoms with Crippen LogP contribution < -0.4 is 4.74 Å². The molecule has 4 heterocycles. The van der Waals surface area contributed by atoms with Crippen LogP contribution in [0.2, 0.25) is 0 Å². The summed E-state index contributed by atoms with van der Waals surface area (Å²) in [6.07, 6.45) is 7.98. The Bertz CT molecular complexity index is 1540. The summed E-state index contributed by atoms with van der Waals surface area (Å²) < 4.78 is 7.85. The first kappa shape index (κ1) is 22.7. The van der Waals surface area contributed by atoms with E-state index in [1.807, 2.05) is 83.4 Å². The molecule has 184 valence electrons. The first-order valence-electron chi connectivity index (χ1n) is 12.2. The van der Waals surface area contributed by atoms with Gasteiger partial charge in [-0.15, -0.1) is 0 Å². The lowest BCUT2D eigenvalue weighted by atomic mass is 9.87. The predicted molar refractivity (Wildman–Crippen MR) is 139 cm³/mol. The maximum Gasteiger partial charge on any atom is 0.408 e. The standard InChI is InChI=1S/C29H25N5O3/c35-28(36)34-16-7-14-29(34,18-21-8-3-1-4-9-21)27-32-26(25-20-30-15-17-33(25)27)24-13-12-23(19-31-24)37-22-10-5-2-6-11-22/h1-6,8-13,15,17,19-20H,7,14,16,18H2,(H,35,36)/t29-/m0/s1. The highest BCUT2D eigenvalue weighted by Gasteiger charge is 2.48. The Hall–Kier alpha value is -4.72. The first-order chi connectivity index (χ1) is 18.1. The Morgan fingerprint density at radius 3 is 2.49 bits per heavy atom. The highest BCUT2D eigenvalue weighted by molar-refractivity contribution is 5.76. The largest absolute Gasteiger partial charge is 0.465 e. The quantitative estimate of drug-likeness (QED) is 0.323. The highest BCUT2D eigenvalue weighted by atomic mass is 16.5. The number of para-hydroxylation sites is 1. The predicted octanol–water partition coefficient (Wildman–Crippen LogP) is 5.80. The number of hydrogen-bond acceptors (Lipinski definition) is 5. The minimum Gasteiger partial charge on any atom is -0.465 e. The van der Waals surface area contributed by atoms with Crippen molar-refractivity contribution in [1.29, 1.82) is 0 Å². The summed E-state index contributed by atoms with van der Waals surface area (Å²) in [5, 5.41) is 10.2. The van der Waals surface area contributed by atoms with Gasteiger partial charge < -0.3 is 9.84 Å². The Labute approximate surface area is 213 Å². The smallest absolute Gasteiger partial charge is 0.408 e. The van der Waals surface area contributed by atoms with Crippen LogP contribution in [0.25, 0.3) is 16.9 Å². The van der Waals surface area contributed by atoms with Gasteiger partial charge in [-0.1, -0.05) is 48.5 Å². The van der Waals surface area contributed by atoms with Gasteiger partial charge in [-0.2, -0.15) is 0 Å². The minimum atomic E-state index is -0.943. The number of rotatable bonds is 6. The van der Waals surface area contributed by atoms with E-state index in [9.17, 15) is 9.90 Å². The molecule has 0 radical (unpaired) electrons. The molecule has 1 fully saturated rings. The van der Waals surface area contributed by atoms with Crippen LogP contribution >= 0.6 is 0 Å². The number of carboxylic acid groups (broad SMARTS) is 1. The third-order valence-corrected chi connectivity index (χ3v) is 6.88. The third-order valence-electron chi connectivity index (χ3n) is 6.88. The Morgan fingerprint density at radius 1 is 0.973 bits per heavy atom. The number of imidazole rings is 1. The summed E-state index contributed by atoms with van der Waals surface area (Å²) in [5.41, 5.74) is 2.33. The molecule has 1 aliphatic heterocycles. The normalized spacial score (nSPS) is 17.2. The van der Waals surface area contributed by atoms with E-state index in [0.717, 1.165) is 23.3 Å². The number of carbonyl (C=O) groups is 1. The number of benzene rings is 2. The van der Waals surface area contributed by atoms with Crippen molar-refractivity contribution in [2.24, 2.45) is 0 Å². The summed E-state index contributed by atoms with van der Waals surface area (Å²) in [6.45, 7) is 0.460. The van der Waals surface area contributed by atoms with E-state index < -0.39 is 11.6 Å². The number of amides is 1. The molecule has 1 aliphatic rings. The Morgan fingerprint density at radius 2 is 1.76 bits per heavy atom. The van der Waals surface area contributed by atoms with Crippen LogP contribution in [0.5, 0.6) is 11.5 Å². The van der Waals surface area contributed by atoms with Crippen molar-refractivity contribution in [1.82, 2.24) is 24.3 Å². The van der Waals surface area contributed by atoms with E-state index in [-0.39, 0.29) is 0 Å². The second kappa shape index (κ2) is 9.39. The molecule has 2 aromatic carbocycles. The van der Waals surface area contributed by atoms with Crippen LogP contribution in [-0.4, -0.2) is 42.0 Å². The molecular formula is C29H25N5O3. The van der Waals surface area contributed by atoms with Crippen molar-refractivity contribution in [2.45, 2.75) is 24.8 Å². The van der Waals surface area contributed by atoms with Crippen molar-refractivity contribution >= 4 is 11.6 Å². The molecule has 0 saturated carbocycles. The maximum atomic E-state index is 12.4. The fraction of sp³-hybridized carbons (Fsp3) is 0.172. The van der Waals surface area contributed by atoms with Crippen LogP contribution in [0.1, 0.15) is 24.2 Å². The molecule has 0 spiro atoms. The second-order valence-corrected chi connectivity index (χ2v) is 9.14. The van der Waals surface area contributed by atoms with Crippen molar-refractivity contribution in [3.63, 3.8) is 0 Å². The van der Waals surface area contributed by atoms with E-state index in [2.05, 4.69) is 9.97 Å². The topological polar surface area (TPSA) is 92.8 Å². The molecule has 5 aromatic rings. The van der Waals surface area contributed by atoms with Gasteiger partial charge in [0.25, 0.3) is 0 Å². The van der Waals surface area contributed by atoms with Crippen molar-refractivity contribution in [2.75, 3.05) is 6.54 Å². The molecule has 1 amide bonds. The summed E-state index contributed by atoms with van der Waals surface area (Å²) in [5.74, 6) is 2.02. The van der Waals surface area contributed by atoms with Crippen molar-refractivity contribution in [3.05, 3.63) is 109 Å². The van der Waals surface area contributed by atoms with Crippen molar-refractivity contribution in [3.8, 4) is 22.9 Å². The van der Waals surface area contributed by atoms with Gasteiger partial charge in [0.15, 0.2) is 0 Å². The van der Waals surface area contributed by atoms with Crippen LogP contribution in [0.4, 0.5) is 4.79 Å². The van der Waals surface area contributed by atoms with E-state index in [1.54, 1.807) is 23.5 Å². The number of aromatic nitrogens is 4. The molecule has 37 heavy (non-hydrogen) atoms. The number of likely N-dealkylation sites (tertiary alicyclic amines) is 1. The monoisotopic (exact) mass is 491 g/mol. The van der Waals surface area contributed by atoms with Gasteiger partial charge in [0.1, 0.15) is 28.6 Å². The lowest BCUT2D eigenvalue weighted by Gasteiger charge is -2.36. The zero-order valence-electron chi connectivity index (χ0n) is 20.1. The van der Waals surface area contributed by atoms with Crippen LogP contribution in [0.15, 0.2) is 97.6 Å². The lowest BCUT2D eigenvalue weighted by Crippen LogP contribution is -2.47. The highest BCUT2D eigenvalue weighted by Crippen LogP contribution is 2.43. The molecule has 0 unspecified atom stereocenters. The minimum absolute atomic E-state index is 0.460. The molecule has 8 nitrogen and oxygen atoms in total. The van der Waals surface area contributed by atoms with Gasteiger partial charge in [0, 0.05) is 25.4 Å². The van der Waals surface area contributed by atoms with E-state index >= 15 is 0 Å². The SMILES string of the molecule is O=C(O)N1CCC[C@]1(Cc1ccccc1)c1nc(-c2ccc(Oc3ccccc3)cn2)c2cnccn12. The van der Waals surface area contributed by atoms with Gasteiger partial charge in [0.05, 0.1) is 23.6 Å². The first-order valence-corrected chi connectivity index (χ1v) is 12.2. The average Bonchev–Trinajstić information content (AvgIpc) is 3.53. The summed E-state index contributed by atoms with van der Waals surface area (Å²) in [7, 11) is 0. The molecule has 3 aromatic heterocycles. The zero-order valence-corrected chi connectivity index (χ0v) is 20.1. The van der Waals surface area contributed by atoms with E-state index in [0.29, 0.717) is 42.3 Å². The average molecular weight is 492 g/mol. The number of fused-ring (bicyclic) bond motifs is 1. The molecule has 0 aliphatic carbocycles. The number of nitrogens with zero attached hydrogens (tertiary/aromatic N) is 5. The Kier molecular flexibility index (Phi) is 5.76. The lowest BCUT2D eigenvalue weighted by molar-refractivity contribution is 0.0956. The molecule has 1 N–H and O–H groups in total. The summed E-state index contributed by atoms with van der Waals surface area (Å²) in [4.78, 5) is 28.0. The van der Waals surface area contributed by atoms with E-state index in [4.69, 9.17) is 9.72 Å². The number of hydrogen-bond donors (Lipinski definition) is 1. The van der Waals surface area contributed by atoms with Gasteiger partial charge in [-0.25, -0.2) is 9.78 Å². The summed E-state index contributed by atoms with van der Waals surface area (Å²) >= 11 is 0. The number of ether oxygens (including phenoxy) is 1. The third kappa shape index (κ3) is 4.16. The van der Waals surface area contributed by atoms with Gasteiger partial charge >= 0.3 is 6.09 Å². The maximum absolute atomic E-state index is 12.4. The zero-order chi connectivity index (χ0) is 25.2. The number of pyridine rings is 1. The summed E-state index contributed by atoms with van der Waals surface area (Å²) in [6, 6.07) is 23.2. The van der Waals surface area contributed by atoms with E-state index in [1.165, 1.54) is 0 Å². The molecule has 0 bridgehead atoms. The van der Waals surface area contributed by atoms with Crippen LogP contribution in [0.3, 0.4) is 0 Å². The molecule has 8 heteroatoms. The van der Waals surface area contributed by atoms with Gasteiger partial charge in [-0.05, 0) is 42.7 Å². The Balaban J connectivity index is 1.45. The van der Waals surface area contributed by atoms with Crippen molar-refractivity contribution < 1.29 is 14.6 Å².